The van der Waals surface area contributed by atoms with Gasteiger partial charge in [-0.2, -0.15) is 0 Å². The van der Waals surface area contributed by atoms with Crippen molar-refractivity contribution >= 4 is 28.7 Å². The molecule has 0 bridgehead atoms. The molecule has 0 aliphatic carbocycles. The summed E-state index contributed by atoms with van der Waals surface area (Å²) in [5.41, 5.74) is 4.80. The van der Waals surface area contributed by atoms with E-state index >= 15 is 0 Å². The van der Waals surface area contributed by atoms with Gasteiger partial charge in [0, 0.05) is 17.9 Å². The molecule has 1 rings (SSSR count). The Labute approximate surface area is 85.1 Å². The summed E-state index contributed by atoms with van der Waals surface area (Å²) in [6, 6.07) is -0.426. The number of hydrogen-bond acceptors (Lipinski definition) is 4. The van der Waals surface area contributed by atoms with Crippen LogP contribution in [-0.2, 0) is 14.4 Å². The minimum atomic E-state index is -0.688. The lowest BCUT2D eigenvalue weighted by molar-refractivity contribution is -0.121. The molecule has 3 N–H and O–H groups in total. The first kappa shape index (κ1) is 10.8. The minimum Gasteiger partial charge on any atom is -0.366 e. The average Bonchev–Trinajstić information content (AvgIpc) is 2.49. The summed E-state index contributed by atoms with van der Waals surface area (Å²) in [4.78, 5) is 32.5. The van der Waals surface area contributed by atoms with Crippen LogP contribution in [0.5, 0.6) is 0 Å². The van der Waals surface area contributed by atoms with Crippen molar-refractivity contribution in [2.24, 2.45) is 5.73 Å². The SMILES string of the molecule is NC(=O)/C=C\C(=O)N[C@@H]1CCSC1=O. The predicted molar refractivity (Wildman–Crippen MR) is 52.3 cm³/mol. The quantitative estimate of drug-likeness (QED) is 0.600. The van der Waals surface area contributed by atoms with Crippen LogP contribution >= 0.6 is 11.8 Å². The zero-order chi connectivity index (χ0) is 10.6. The van der Waals surface area contributed by atoms with Gasteiger partial charge >= 0.3 is 0 Å². The summed E-state index contributed by atoms with van der Waals surface area (Å²) in [5.74, 6) is -0.430. The third-order valence-corrected chi connectivity index (χ3v) is 2.66. The molecule has 2 amide bonds. The molecule has 0 radical (unpaired) electrons. The molecule has 1 heterocycles. The Morgan fingerprint density at radius 3 is 2.71 bits per heavy atom. The topological polar surface area (TPSA) is 89.3 Å². The summed E-state index contributed by atoms with van der Waals surface area (Å²) in [6.45, 7) is 0. The van der Waals surface area contributed by atoms with E-state index in [1.54, 1.807) is 0 Å². The van der Waals surface area contributed by atoms with Gasteiger partial charge in [-0.15, -0.1) is 0 Å². The number of amides is 2. The molecule has 0 aromatic rings. The van der Waals surface area contributed by atoms with Gasteiger partial charge in [0.15, 0.2) is 0 Å². The molecule has 1 aliphatic rings. The maximum Gasteiger partial charge on any atom is 0.244 e. The fourth-order valence-electron chi connectivity index (χ4n) is 1.00. The van der Waals surface area contributed by atoms with Gasteiger partial charge < -0.3 is 11.1 Å². The van der Waals surface area contributed by atoms with Crippen LogP contribution in [0.4, 0.5) is 0 Å². The van der Waals surface area contributed by atoms with Crippen molar-refractivity contribution in [3.05, 3.63) is 12.2 Å². The number of rotatable bonds is 3. The van der Waals surface area contributed by atoms with Crippen LogP contribution in [0, 0.1) is 0 Å². The van der Waals surface area contributed by atoms with Gasteiger partial charge in [0.2, 0.25) is 16.9 Å². The predicted octanol–water partition coefficient (Wildman–Crippen LogP) is -0.824. The standard InChI is InChI=1S/C8H10N2O3S/c9-6(11)1-2-7(12)10-5-3-4-14-8(5)13/h1-2,5H,3-4H2,(H2,9,11)(H,10,12)/b2-1-/t5-/m1/s1. The molecular weight excluding hydrogens is 204 g/mol. The normalized spacial score (nSPS) is 21.4. The molecular formula is C8H10N2O3S. The fourth-order valence-corrected chi connectivity index (χ4v) is 1.94. The highest BCUT2D eigenvalue weighted by molar-refractivity contribution is 8.14. The number of nitrogens with one attached hydrogen (secondary N) is 1. The average molecular weight is 214 g/mol. The highest BCUT2D eigenvalue weighted by atomic mass is 32.2. The lowest BCUT2D eigenvalue weighted by atomic mass is 10.2. The van der Waals surface area contributed by atoms with Crippen molar-refractivity contribution in [2.75, 3.05) is 5.75 Å². The van der Waals surface area contributed by atoms with Crippen molar-refractivity contribution in [1.29, 1.82) is 0 Å². The first-order valence-electron chi connectivity index (χ1n) is 4.04. The Morgan fingerprint density at radius 2 is 2.21 bits per heavy atom. The van der Waals surface area contributed by atoms with E-state index in [0.29, 0.717) is 6.42 Å². The summed E-state index contributed by atoms with van der Waals surface area (Å²) in [7, 11) is 0. The van der Waals surface area contributed by atoms with E-state index in [4.69, 9.17) is 5.73 Å². The highest BCUT2D eigenvalue weighted by Gasteiger charge is 2.25. The van der Waals surface area contributed by atoms with Crippen molar-refractivity contribution in [3.8, 4) is 0 Å². The molecule has 0 aromatic carbocycles. The molecule has 0 spiro atoms. The van der Waals surface area contributed by atoms with E-state index in [-0.39, 0.29) is 5.12 Å². The van der Waals surface area contributed by atoms with Crippen molar-refractivity contribution < 1.29 is 14.4 Å². The van der Waals surface area contributed by atoms with Gasteiger partial charge in [-0.1, -0.05) is 11.8 Å². The summed E-state index contributed by atoms with van der Waals surface area (Å²) >= 11 is 1.20. The second kappa shape index (κ2) is 4.80. The number of carbonyl (C=O) groups excluding carboxylic acids is 3. The molecule has 0 aromatic heterocycles. The highest BCUT2D eigenvalue weighted by Crippen LogP contribution is 2.19. The van der Waals surface area contributed by atoms with Gasteiger partial charge in [-0.05, 0) is 6.42 Å². The molecule has 1 saturated heterocycles. The maximum atomic E-state index is 11.1. The number of primary amides is 1. The Hall–Kier alpha value is -1.30. The fraction of sp³-hybridized carbons (Fsp3) is 0.375. The zero-order valence-corrected chi connectivity index (χ0v) is 8.17. The van der Waals surface area contributed by atoms with Gasteiger partial charge in [0.25, 0.3) is 0 Å². The monoisotopic (exact) mass is 214 g/mol. The largest absolute Gasteiger partial charge is 0.366 e. The van der Waals surface area contributed by atoms with Crippen molar-refractivity contribution in [1.82, 2.24) is 5.32 Å². The van der Waals surface area contributed by atoms with Gasteiger partial charge in [0.05, 0.1) is 6.04 Å². The van der Waals surface area contributed by atoms with Crippen LogP contribution in [0.3, 0.4) is 0 Å². The van der Waals surface area contributed by atoms with Crippen LogP contribution in [0.25, 0.3) is 0 Å². The van der Waals surface area contributed by atoms with Crippen LogP contribution in [0.2, 0.25) is 0 Å². The van der Waals surface area contributed by atoms with Crippen molar-refractivity contribution in [2.45, 2.75) is 12.5 Å². The van der Waals surface area contributed by atoms with Gasteiger partial charge in [-0.25, -0.2) is 0 Å². The van der Waals surface area contributed by atoms with Gasteiger partial charge in [-0.3, -0.25) is 14.4 Å². The molecule has 1 atom stereocenters. The number of carbonyl (C=O) groups is 3. The smallest absolute Gasteiger partial charge is 0.244 e. The summed E-state index contributed by atoms with van der Waals surface area (Å²) < 4.78 is 0. The lowest BCUT2D eigenvalue weighted by Crippen LogP contribution is -2.36. The number of hydrogen-bond donors (Lipinski definition) is 2. The second-order valence-electron chi connectivity index (χ2n) is 2.75. The minimum absolute atomic E-state index is 0.0363. The van der Waals surface area contributed by atoms with E-state index in [1.165, 1.54) is 11.8 Å². The first-order valence-corrected chi connectivity index (χ1v) is 5.03. The summed E-state index contributed by atoms with van der Waals surface area (Å²) in [5, 5.41) is 2.44. The van der Waals surface area contributed by atoms with Crippen molar-refractivity contribution in [3.63, 3.8) is 0 Å². The summed E-state index contributed by atoms with van der Waals surface area (Å²) in [6.07, 6.45) is 2.63. The molecule has 0 saturated carbocycles. The molecule has 6 heteroatoms. The molecule has 14 heavy (non-hydrogen) atoms. The van der Waals surface area contributed by atoms with E-state index in [0.717, 1.165) is 17.9 Å². The molecule has 76 valence electrons. The van der Waals surface area contributed by atoms with Gasteiger partial charge in [0.1, 0.15) is 0 Å². The number of nitrogens with two attached hydrogens (primary N) is 1. The van der Waals surface area contributed by atoms with Crippen LogP contribution in [0.1, 0.15) is 6.42 Å². The van der Waals surface area contributed by atoms with E-state index in [2.05, 4.69) is 5.32 Å². The Balaban J connectivity index is 2.40. The lowest BCUT2D eigenvalue weighted by Gasteiger charge is -2.06. The van der Waals surface area contributed by atoms with E-state index in [1.807, 2.05) is 0 Å². The first-order chi connectivity index (χ1) is 6.59. The van der Waals surface area contributed by atoms with Crippen LogP contribution < -0.4 is 11.1 Å². The molecule has 5 nitrogen and oxygen atoms in total. The Kier molecular flexibility index (Phi) is 3.70. The Bertz CT molecular complexity index is 301. The van der Waals surface area contributed by atoms with Crippen LogP contribution in [0.15, 0.2) is 12.2 Å². The van der Waals surface area contributed by atoms with E-state index < -0.39 is 17.9 Å². The molecule has 0 unspecified atom stereocenters. The second-order valence-corrected chi connectivity index (χ2v) is 3.85. The molecule has 1 fully saturated rings. The van der Waals surface area contributed by atoms with E-state index in [9.17, 15) is 14.4 Å². The third kappa shape index (κ3) is 3.21. The third-order valence-electron chi connectivity index (χ3n) is 1.65. The Morgan fingerprint density at radius 1 is 1.50 bits per heavy atom. The zero-order valence-electron chi connectivity index (χ0n) is 7.36. The molecule has 1 aliphatic heterocycles. The number of thioether (sulfide) groups is 1. The van der Waals surface area contributed by atoms with Crippen LogP contribution in [-0.4, -0.2) is 28.7 Å². The maximum absolute atomic E-state index is 11.1.